The van der Waals surface area contributed by atoms with Gasteiger partial charge in [0.05, 0.1) is 31.0 Å². The Bertz CT molecular complexity index is 960. The molecule has 1 aromatic carbocycles. The molecule has 1 aliphatic heterocycles. The molecule has 4 rings (SSSR count). The number of rotatable bonds is 4. The van der Waals surface area contributed by atoms with Crippen LogP contribution in [0.15, 0.2) is 28.1 Å². The number of nitrogens with one attached hydrogen (secondary N) is 1. The van der Waals surface area contributed by atoms with Crippen LogP contribution in [0.5, 0.6) is 11.5 Å². The molecule has 0 unspecified atom stereocenters. The number of anilines is 1. The van der Waals surface area contributed by atoms with Crippen LogP contribution in [0.2, 0.25) is 0 Å². The quantitative estimate of drug-likeness (QED) is 0.736. The van der Waals surface area contributed by atoms with Crippen molar-refractivity contribution in [2.75, 3.05) is 18.5 Å². The Balaban J connectivity index is 1.47. The number of ether oxygens (including phenoxy) is 2. The van der Waals surface area contributed by atoms with Crippen molar-refractivity contribution in [3.05, 3.63) is 40.6 Å². The zero-order valence-electron chi connectivity index (χ0n) is 15.1. The first-order valence-corrected chi connectivity index (χ1v) is 9.55. The number of aryl methyl sites for hydroxylation is 2. The molecule has 27 heavy (non-hydrogen) atoms. The molecule has 3 aromatic rings. The zero-order valence-corrected chi connectivity index (χ0v) is 15.9. The van der Waals surface area contributed by atoms with Crippen molar-refractivity contribution < 1.29 is 18.8 Å². The van der Waals surface area contributed by atoms with Gasteiger partial charge in [-0.15, -0.1) is 11.3 Å². The molecule has 1 aliphatic rings. The number of carbonyl (C=O) groups is 1. The van der Waals surface area contributed by atoms with E-state index in [0.717, 1.165) is 40.4 Å². The maximum absolute atomic E-state index is 12.3. The van der Waals surface area contributed by atoms with Gasteiger partial charge in [0.15, 0.2) is 16.6 Å². The molecule has 8 heteroatoms. The van der Waals surface area contributed by atoms with E-state index in [2.05, 4.69) is 15.5 Å². The van der Waals surface area contributed by atoms with Gasteiger partial charge in [0, 0.05) is 22.9 Å². The van der Waals surface area contributed by atoms with Crippen LogP contribution in [0.25, 0.3) is 11.3 Å². The number of benzene rings is 1. The maximum atomic E-state index is 12.3. The largest absolute Gasteiger partial charge is 0.490 e. The fraction of sp³-hybridized carbons (Fsp3) is 0.316. The normalized spacial score (nSPS) is 13.3. The van der Waals surface area contributed by atoms with Crippen molar-refractivity contribution in [1.82, 2.24) is 10.1 Å². The Hall–Kier alpha value is -2.87. The van der Waals surface area contributed by atoms with Crippen LogP contribution in [0, 0.1) is 13.8 Å². The Kier molecular flexibility index (Phi) is 4.81. The lowest BCUT2D eigenvalue weighted by atomic mass is 10.1. The molecule has 1 N–H and O–H groups in total. The first-order valence-electron chi connectivity index (χ1n) is 8.67. The number of aromatic nitrogens is 2. The van der Waals surface area contributed by atoms with E-state index in [1.54, 1.807) is 6.92 Å². The lowest BCUT2D eigenvalue weighted by molar-refractivity contribution is -0.115. The average molecular weight is 385 g/mol. The molecule has 0 fully saturated rings. The van der Waals surface area contributed by atoms with Gasteiger partial charge in [0.2, 0.25) is 5.91 Å². The molecule has 0 aliphatic carbocycles. The summed E-state index contributed by atoms with van der Waals surface area (Å²) in [7, 11) is 0. The van der Waals surface area contributed by atoms with Gasteiger partial charge in [-0.2, -0.15) is 0 Å². The van der Waals surface area contributed by atoms with Crippen molar-refractivity contribution in [3.8, 4) is 22.8 Å². The molecule has 1 amide bonds. The summed E-state index contributed by atoms with van der Waals surface area (Å²) >= 11 is 1.38. The monoisotopic (exact) mass is 385 g/mol. The molecular formula is C19H19N3O4S. The summed E-state index contributed by atoms with van der Waals surface area (Å²) in [6.07, 6.45) is 1.07. The second-order valence-electron chi connectivity index (χ2n) is 6.28. The summed E-state index contributed by atoms with van der Waals surface area (Å²) in [6, 6.07) is 5.76. The lowest BCUT2D eigenvalue weighted by Crippen LogP contribution is -2.15. The number of thiazole rings is 1. The van der Waals surface area contributed by atoms with Crippen molar-refractivity contribution in [1.29, 1.82) is 0 Å². The highest BCUT2D eigenvalue weighted by molar-refractivity contribution is 7.14. The molecule has 2 aromatic heterocycles. The van der Waals surface area contributed by atoms with Crippen LogP contribution in [0.3, 0.4) is 0 Å². The van der Waals surface area contributed by atoms with E-state index in [-0.39, 0.29) is 12.3 Å². The first-order chi connectivity index (χ1) is 13.1. The van der Waals surface area contributed by atoms with E-state index in [1.165, 1.54) is 11.3 Å². The van der Waals surface area contributed by atoms with Crippen molar-refractivity contribution in [2.24, 2.45) is 0 Å². The minimum Gasteiger partial charge on any atom is -0.490 e. The van der Waals surface area contributed by atoms with Crippen molar-refractivity contribution >= 4 is 22.4 Å². The molecule has 7 nitrogen and oxygen atoms in total. The van der Waals surface area contributed by atoms with Gasteiger partial charge in [-0.25, -0.2) is 4.98 Å². The SMILES string of the molecule is Cc1noc(C)c1CC(=O)Nc1nc(-c2ccc3c(c2)OCCCO3)cs1. The van der Waals surface area contributed by atoms with Gasteiger partial charge in [0.1, 0.15) is 5.76 Å². The third-order valence-electron chi connectivity index (χ3n) is 4.31. The lowest BCUT2D eigenvalue weighted by Gasteiger charge is -2.08. The topological polar surface area (TPSA) is 86.5 Å². The standard InChI is InChI=1S/C19H19N3O4S/c1-11-14(12(2)26-22-11)9-18(23)21-19-20-15(10-27-19)13-4-5-16-17(8-13)25-7-3-6-24-16/h4-5,8,10H,3,6-7,9H2,1-2H3,(H,20,21,23). The molecule has 0 saturated heterocycles. The summed E-state index contributed by atoms with van der Waals surface area (Å²) in [6.45, 7) is 4.92. The smallest absolute Gasteiger partial charge is 0.230 e. The van der Waals surface area contributed by atoms with Crippen LogP contribution in [-0.2, 0) is 11.2 Å². The minimum absolute atomic E-state index is 0.149. The third kappa shape index (κ3) is 3.80. The molecule has 0 spiro atoms. The first kappa shape index (κ1) is 17.5. The third-order valence-corrected chi connectivity index (χ3v) is 5.07. The van der Waals surface area contributed by atoms with Gasteiger partial charge >= 0.3 is 0 Å². The predicted octanol–water partition coefficient (Wildman–Crippen LogP) is 3.76. The van der Waals surface area contributed by atoms with Crippen LogP contribution < -0.4 is 14.8 Å². The number of fused-ring (bicyclic) bond motifs is 1. The second-order valence-corrected chi connectivity index (χ2v) is 7.14. The van der Waals surface area contributed by atoms with Crippen LogP contribution in [-0.4, -0.2) is 29.3 Å². The van der Waals surface area contributed by atoms with Crippen molar-refractivity contribution in [2.45, 2.75) is 26.7 Å². The van der Waals surface area contributed by atoms with E-state index in [0.29, 0.717) is 24.1 Å². The number of carbonyl (C=O) groups excluding carboxylic acids is 1. The summed E-state index contributed by atoms with van der Waals surface area (Å²) < 4.78 is 16.5. The number of amides is 1. The molecule has 0 radical (unpaired) electrons. The summed E-state index contributed by atoms with van der Waals surface area (Å²) in [5.74, 6) is 1.99. The van der Waals surface area contributed by atoms with Gasteiger partial charge in [-0.3, -0.25) is 4.79 Å². The summed E-state index contributed by atoms with van der Waals surface area (Å²) in [5.41, 5.74) is 3.24. The number of hydrogen-bond acceptors (Lipinski definition) is 7. The van der Waals surface area contributed by atoms with E-state index in [9.17, 15) is 4.79 Å². The second kappa shape index (κ2) is 7.40. The Morgan fingerprint density at radius 3 is 2.81 bits per heavy atom. The minimum atomic E-state index is -0.149. The molecule has 0 bridgehead atoms. The van der Waals surface area contributed by atoms with E-state index < -0.39 is 0 Å². The molecular weight excluding hydrogens is 366 g/mol. The van der Waals surface area contributed by atoms with Crippen LogP contribution in [0.4, 0.5) is 5.13 Å². The average Bonchev–Trinajstić information content (AvgIpc) is 3.15. The van der Waals surface area contributed by atoms with Crippen molar-refractivity contribution in [3.63, 3.8) is 0 Å². The van der Waals surface area contributed by atoms with E-state index in [4.69, 9.17) is 14.0 Å². The van der Waals surface area contributed by atoms with Crippen LogP contribution >= 0.6 is 11.3 Å². The summed E-state index contributed by atoms with van der Waals surface area (Å²) in [4.78, 5) is 16.8. The number of nitrogens with zero attached hydrogens (tertiary/aromatic N) is 2. The molecule has 140 valence electrons. The van der Waals surface area contributed by atoms with Gasteiger partial charge in [-0.05, 0) is 32.0 Å². The number of hydrogen-bond donors (Lipinski definition) is 1. The predicted molar refractivity (Wildman–Crippen MR) is 101 cm³/mol. The fourth-order valence-corrected chi connectivity index (χ4v) is 3.60. The highest BCUT2D eigenvalue weighted by Crippen LogP contribution is 2.35. The highest BCUT2D eigenvalue weighted by atomic mass is 32.1. The fourth-order valence-electron chi connectivity index (χ4n) is 2.86. The summed E-state index contributed by atoms with van der Waals surface area (Å²) in [5, 5.41) is 9.17. The van der Waals surface area contributed by atoms with E-state index in [1.807, 2.05) is 30.5 Å². The van der Waals surface area contributed by atoms with Gasteiger partial charge in [-0.1, -0.05) is 5.16 Å². The van der Waals surface area contributed by atoms with Gasteiger partial charge in [0.25, 0.3) is 0 Å². The molecule has 0 saturated carbocycles. The molecule has 0 atom stereocenters. The Labute approximate surface area is 160 Å². The zero-order chi connectivity index (χ0) is 18.8. The van der Waals surface area contributed by atoms with E-state index >= 15 is 0 Å². The van der Waals surface area contributed by atoms with Gasteiger partial charge < -0.3 is 19.3 Å². The molecule has 3 heterocycles. The Morgan fingerprint density at radius 2 is 2.04 bits per heavy atom. The van der Waals surface area contributed by atoms with Crippen LogP contribution in [0.1, 0.15) is 23.4 Å². The highest BCUT2D eigenvalue weighted by Gasteiger charge is 2.16. The Morgan fingerprint density at radius 1 is 1.22 bits per heavy atom. The maximum Gasteiger partial charge on any atom is 0.230 e.